The molecule has 1 aromatic carbocycles. The largest absolute Gasteiger partial charge is 0.339 e. The van der Waals surface area contributed by atoms with Crippen molar-refractivity contribution in [3.8, 4) is 0 Å². The Morgan fingerprint density at radius 2 is 1.94 bits per heavy atom. The van der Waals surface area contributed by atoms with Gasteiger partial charge in [-0.1, -0.05) is 17.7 Å². The summed E-state index contributed by atoms with van der Waals surface area (Å²) >= 11 is 6.10. The lowest BCUT2D eigenvalue weighted by Crippen LogP contribution is -2.35. The van der Waals surface area contributed by atoms with Crippen LogP contribution in [0.4, 0.5) is 0 Å². The molecule has 1 aliphatic heterocycles. The molecular formula is C13H16ClNO. The lowest BCUT2D eigenvalue weighted by Gasteiger charge is -2.27. The van der Waals surface area contributed by atoms with Gasteiger partial charge in [0.05, 0.1) is 10.6 Å². The Morgan fingerprint density at radius 1 is 1.25 bits per heavy atom. The van der Waals surface area contributed by atoms with Crippen molar-refractivity contribution in [2.24, 2.45) is 0 Å². The fraction of sp³-hybridized carbons (Fsp3) is 0.462. The number of hydrogen-bond donors (Lipinski definition) is 0. The Balaban J connectivity index is 2.19. The molecule has 1 fully saturated rings. The van der Waals surface area contributed by atoms with Crippen molar-refractivity contribution in [1.29, 1.82) is 0 Å². The fourth-order valence-corrected chi connectivity index (χ4v) is 2.38. The molecule has 0 saturated carbocycles. The van der Waals surface area contributed by atoms with E-state index in [0.29, 0.717) is 10.6 Å². The minimum atomic E-state index is 0.0738. The second kappa shape index (κ2) is 4.88. The average molecular weight is 238 g/mol. The third-order valence-electron chi connectivity index (χ3n) is 3.00. The van der Waals surface area contributed by atoms with Crippen LogP contribution in [-0.4, -0.2) is 23.9 Å². The van der Waals surface area contributed by atoms with E-state index in [1.54, 1.807) is 0 Å². The molecule has 0 spiro atoms. The number of carbonyl (C=O) groups excluding carboxylic acids is 1. The molecule has 2 rings (SSSR count). The van der Waals surface area contributed by atoms with Crippen LogP contribution in [0.1, 0.15) is 35.2 Å². The highest BCUT2D eigenvalue weighted by Crippen LogP contribution is 2.21. The number of halogens is 1. The van der Waals surface area contributed by atoms with Crippen molar-refractivity contribution in [2.75, 3.05) is 13.1 Å². The SMILES string of the molecule is Cc1ccc(C(=O)N2CCCCC2)c(Cl)c1. The number of amides is 1. The highest BCUT2D eigenvalue weighted by molar-refractivity contribution is 6.33. The third-order valence-corrected chi connectivity index (χ3v) is 3.31. The van der Waals surface area contributed by atoms with Gasteiger partial charge in [-0.15, -0.1) is 0 Å². The second-order valence-corrected chi connectivity index (χ2v) is 4.74. The topological polar surface area (TPSA) is 20.3 Å². The van der Waals surface area contributed by atoms with E-state index in [1.807, 2.05) is 30.0 Å². The highest BCUT2D eigenvalue weighted by atomic mass is 35.5. The summed E-state index contributed by atoms with van der Waals surface area (Å²) in [6.07, 6.45) is 3.44. The smallest absolute Gasteiger partial charge is 0.255 e. The summed E-state index contributed by atoms with van der Waals surface area (Å²) in [6.45, 7) is 3.70. The molecule has 3 heteroatoms. The minimum absolute atomic E-state index is 0.0738. The summed E-state index contributed by atoms with van der Waals surface area (Å²) < 4.78 is 0. The normalized spacial score (nSPS) is 16.2. The first kappa shape index (κ1) is 11.5. The Labute approximate surface area is 101 Å². The van der Waals surface area contributed by atoms with Crippen molar-refractivity contribution in [1.82, 2.24) is 4.90 Å². The lowest BCUT2D eigenvalue weighted by atomic mass is 10.1. The minimum Gasteiger partial charge on any atom is -0.339 e. The van der Waals surface area contributed by atoms with Crippen molar-refractivity contribution >= 4 is 17.5 Å². The first-order valence-corrected chi connectivity index (χ1v) is 6.12. The van der Waals surface area contributed by atoms with Gasteiger partial charge in [-0.05, 0) is 43.9 Å². The maximum absolute atomic E-state index is 12.2. The van der Waals surface area contributed by atoms with E-state index >= 15 is 0 Å². The van der Waals surface area contributed by atoms with Gasteiger partial charge in [0.25, 0.3) is 5.91 Å². The van der Waals surface area contributed by atoms with E-state index in [0.717, 1.165) is 31.5 Å². The van der Waals surface area contributed by atoms with Gasteiger partial charge in [-0.3, -0.25) is 4.79 Å². The Morgan fingerprint density at radius 3 is 2.56 bits per heavy atom. The van der Waals surface area contributed by atoms with E-state index < -0.39 is 0 Å². The molecule has 0 atom stereocenters. The molecule has 86 valence electrons. The molecule has 1 aromatic rings. The summed E-state index contributed by atoms with van der Waals surface area (Å²) in [5.41, 5.74) is 1.72. The highest BCUT2D eigenvalue weighted by Gasteiger charge is 2.19. The van der Waals surface area contributed by atoms with Crippen molar-refractivity contribution in [2.45, 2.75) is 26.2 Å². The molecule has 16 heavy (non-hydrogen) atoms. The van der Waals surface area contributed by atoms with Crippen LogP contribution in [0.2, 0.25) is 5.02 Å². The molecule has 0 aromatic heterocycles. The fourth-order valence-electron chi connectivity index (χ4n) is 2.06. The number of carbonyl (C=O) groups is 1. The van der Waals surface area contributed by atoms with E-state index in [-0.39, 0.29) is 5.91 Å². The van der Waals surface area contributed by atoms with Crippen LogP contribution in [-0.2, 0) is 0 Å². The van der Waals surface area contributed by atoms with E-state index in [4.69, 9.17) is 11.6 Å². The summed E-state index contributed by atoms with van der Waals surface area (Å²) in [5, 5.41) is 0.565. The van der Waals surface area contributed by atoms with Crippen LogP contribution in [0.15, 0.2) is 18.2 Å². The molecule has 0 unspecified atom stereocenters. The van der Waals surface area contributed by atoms with Crippen LogP contribution < -0.4 is 0 Å². The molecule has 0 radical (unpaired) electrons. The maximum atomic E-state index is 12.2. The van der Waals surface area contributed by atoms with Gasteiger partial charge in [0.15, 0.2) is 0 Å². The van der Waals surface area contributed by atoms with Crippen LogP contribution in [0.25, 0.3) is 0 Å². The van der Waals surface area contributed by atoms with Crippen LogP contribution in [0.3, 0.4) is 0 Å². The molecule has 0 aliphatic carbocycles. The van der Waals surface area contributed by atoms with Gasteiger partial charge < -0.3 is 4.90 Å². The molecule has 2 nitrogen and oxygen atoms in total. The Kier molecular flexibility index (Phi) is 3.49. The van der Waals surface area contributed by atoms with Crippen LogP contribution in [0.5, 0.6) is 0 Å². The van der Waals surface area contributed by atoms with Gasteiger partial charge in [0, 0.05) is 13.1 Å². The van der Waals surface area contributed by atoms with Crippen molar-refractivity contribution in [3.63, 3.8) is 0 Å². The van der Waals surface area contributed by atoms with E-state index in [2.05, 4.69) is 0 Å². The third kappa shape index (κ3) is 2.38. The van der Waals surface area contributed by atoms with E-state index in [1.165, 1.54) is 6.42 Å². The van der Waals surface area contributed by atoms with Crippen LogP contribution >= 0.6 is 11.6 Å². The van der Waals surface area contributed by atoms with Gasteiger partial charge >= 0.3 is 0 Å². The van der Waals surface area contributed by atoms with Crippen molar-refractivity contribution < 1.29 is 4.79 Å². The number of rotatable bonds is 1. The number of hydrogen-bond acceptors (Lipinski definition) is 1. The van der Waals surface area contributed by atoms with Gasteiger partial charge in [-0.25, -0.2) is 0 Å². The van der Waals surface area contributed by atoms with E-state index in [9.17, 15) is 4.79 Å². The summed E-state index contributed by atoms with van der Waals surface area (Å²) in [4.78, 5) is 14.1. The predicted octanol–water partition coefficient (Wildman–Crippen LogP) is 3.27. The number of piperidine rings is 1. The molecule has 0 bridgehead atoms. The monoisotopic (exact) mass is 237 g/mol. The molecule has 1 aliphatic rings. The molecular weight excluding hydrogens is 222 g/mol. The maximum Gasteiger partial charge on any atom is 0.255 e. The number of aryl methyl sites for hydroxylation is 1. The Hall–Kier alpha value is -1.02. The zero-order valence-corrected chi connectivity index (χ0v) is 10.3. The molecule has 1 saturated heterocycles. The summed E-state index contributed by atoms with van der Waals surface area (Å²) in [6, 6.07) is 5.61. The van der Waals surface area contributed by atoms with Gasteiger partial charge in [-0.2, -0.15) is 0 Å². The predicted molar refractivity (Wildman–Crippen MR) is 65.9 cm³/mol. The quantitative estimate of drug-likeness (QED) is 0.734. The Bertz CT molecular complexity index is 397. The van der Waals surface area contributed by atoms with Gasteiger partial charge in [0.2, 0.25) is 0 Å². The average Bonchev–Trinajstić information content (AvgIpc) is 2.29. The standard InChI is InChI=1S/C13H16ClNO/c1-10-5-6-11(12(14)9-10)13(16)15-7-3-2-4-8-15/h5-6,9H,2-4,7-8H2,1H3. The molecule has 1 amide bonds. The number of nitrogens with zero attached hydrogens (tertiary/aromatic N) is 1. The molecule has 1 heterocycles. The lowest BCUT2D eigenvalue weighted by molar-refractivity contribution is 0.0724. The molecule has 0 N–H and O–H groups in total. The van der Waals surface area contributed by atoms with Gasteiger partial charge in [0.1, 0.15) is 0 Å². The zero-order chi connectivity index (χ0) is 11.5. The second-order valence-electron chi connectivity index (χ2n) is 4.34. The summed E-state index contributed by atoms with van der Waals surface area (Å²) in [7, 11) is 0. The van der Waals surface area contributed by atoms with Crippen molar-refractivity contribution in [3.05, 3.63) is 34.3 Å². The first-order chi connectivity index (χ1) is 7.68. The number of benzene rings is 1. The van der Waals surface area contributed by atoms with Crippen LogP contribution in [0, 0.1) is 6.92 Å². The summed E-state index contributed by atoms with van der Waals surface area (Å²) in [5.74, 6) is 0.0738. The first-order valence-electron chi connectivity index (χ1n) is 5.74. The number of likely N-dealkylation sites (tertiary alicyclic amines) is 1. The zero-order valence-electron chi connectivity index (χ0n) is 9.50.